The number of carboxylic acids is 1. The summed E-state index contributed by atoms with van der Waals surface area (Å²) in [6.45, 7) is 9.03. The van der Waals surface area contributed by atoms with Crippen molar-refractivity contribution in [3.63, 3.8) is 0 Å². The van der Waals surface area contributed by atoms with Crippen molar-refractivity contribution in [2.75, 3.05) is 26.2 Å². The van der Waals surface area contributed by atoms with E-state index in [0.29, 0.717) is 0 Å². The summed E-state index contributed by atoms with van der Waals surface area (Å²) >= 11 is 0. The summed E-state index contributed by atoms with van der Waals surface area (Å²) in [5, 5.41) is 12.4. The van der Waals surface area contributed by atoms with Crippen molar-refractivity contribution in [1.29, 1.82) is 0 Å². The highest BCUT2D eigenvalue weighted by Crippen LogP contribution is 2.28. The lowest BCUT2D eigenvalue weighted by atomic mass is 9.85. The fourth-order valence-electron chi connectivity index (χ4n) is 3.42. The first-order chi connectivity index (χ1) is 11.5. The smallest absolute Gasteiger partial charge is 0.410 e. The number of aliphatic carboxylic acids is 1. The van der Waals surface area contributed by atoms with Crippen molar-refractivity contribution in [3.8, 4) is 0 Å². The first-order valence-corrected chi connectivity index (χ1v) is 8.78. The summed E-state index contributed by atoms with van der Waals surface area (Å²) in [6, 6.07) is -0.488. The normalized spacial score (nSPS) is 20.8. The van der Waals surface area contributed by atoms with Crippen LogP contribution in [0.1, 0.15) is 47.0 Å². The Morgan fingerprint density at radius 3 is 2.20 bits per heavy atom. The third kappa shape index (κ3) is 5.07. The molecule has 2 aliphatic rings. The zero-order valence-electron chi connectivity index (χ0n) is 15.5. The molecule has 2 rings (SSSR count). The molecule has 142 valence electrons. The Labute approximate surface area is 148 Å². The summed E-state index contributed by atoms with van der Waals surface area (Å²) in [7, 11) is 0. The number of rotatable bonds is 5. The summed E-state index contributed by atoms with van der Waals surface area (Å²) in [4.78, 5) is 39.1. The molecule has 2 amide bonds. The number of likely N-dealkylation sites (tertiary alicyclic amines) is 2. The maximum Gasteiger partial charge on any atom is 0.410 e. The molecule has 0 aromatic heterocycles. The van der Waals surface area contributed by atoms with Gasteiger partial charge in [0, 0.05) is 26.2 Å². The molecule has 2 N–H and O–H groups in total. The van der Waals surface area contributed by atoms with E-state index in [0.717, 1.165) is 25.9 Å². The Morgan fingerprint density at radius 2 is 1.72 bits per heavy atom. The Kier molecular flexibility index (Phi) is 5.61. The number of carbonyl (C=O) groups excluding carboxylic acids is 2. The van der Waals surface area contributed by atoms with E-state index in [9.17, 15) is 19.5 Å². The number of nitrogens with one attached hydrogen (secondary N) is 1. The molecule has 2 aliphatic heterocycles. The third-order valence-electron chi connectivity index (χ3n) is 4.44. The molecule has 0 spiro atoms. The van der Waals surface area contributed by atoms with Crippen LogP contribution in [0, 0.1) is 0 Å². The number of ether oxygens (including phenoxy) is 1. The van der Waals surface area contributed by atoms with E-state index in [-0.39, 0.29) is 25.4 Å². The van der Waals surface area contributed by atoms with Gasteiger partial charge in [-0.1, -0.05) is 0 Å². The molecule has 2 saturated heterocycles. The van der Waals surface area contributed by atoms with Crippen LogP contribution in [0.2, 0.25) is 0 Å². The maximum atomic E-state index is 12.5. The van der Waals surface area contributed by atoms with Crippen LogP contribution in [-0.2, 0) is 14.3 Å². The number of carboxylic acid groups (broad SMARTS) is 1. The highest BCUT2D eigenvalue weighted by atomic mass is 16.6. The van der Waals surface area contributed by atoms with Crippen LogP contribution < -0.4 is 5.32 Å². The molecule has 0 radical (unpaired) electrons. The van der Waals surface area contributed by atoms with E-state index in [2.05, 4.69) is 5.32 Å². The van der Waals surface area contributed by atoms with Gasteiger partial charge in [0.15, 0.2) is 0 Å². The predicted octanol–water partition coefficient (Wildman–Crippen LogP) is 1.05. The molecular weight excluding hydrogens is 326 g/mol. The molecule has 0 saturated carbocycles. The second-order valence-electron chi connectivity index (χ2n) is 8.09. The zero-order valence-corrected chi connectivity index (χ0v) is 15.5. The molecule has 2 fully saturated rings. The van der Waals surface area contributed by atoms with E-state index in [1.165, 1.54) is 4.90 Å². The minimum absolute atomic E-state index is 0.0158. The van der Waals surface area contributed by atoms with Crippen LogP contribution >= 0.6 is 0 Å². The lowest BCUT2D eigenvalue weighted by Crippen LogP contribution is -2.73. The van der Waals surface area contributed by atoms with Gasteiger partial charge in [-0.3, -0.25) is 14.9 Å². The summed E-state index contributed by atoms with van der Waals surface area (Å²) in [5.41, 5.74) is -1.40. The second kappa shape index (κ2) is 7.19. The first kappa shape index (κ1) is 19.5. The third-order valence-corrected chi connectivity index (χ3v) is 4.44. The second-order valence-corrected chi connectivity index (χ2v) is 8.09. The Morgan fingerprint density at radius 1 is 1.16 bits per heavy atom. The molecular formula is C17H29N3O5. The van der Waals surface area contributed by atoms with E-state index in [1.807, 2.05) is 0 Å². The summed E-state index contributed by atoms with van der Waals surface area (Å²) in [5.74, 6) is -0.977. The van der Waals surface area contributed by atoms with E-state index in [4.69, 9.17) is 4.74 Å². The lowest BCUT2D eigenvalue weighted by Gasteiger charge is -2.50. The Bertz CT molecular complexity index is 531. The average Bonchev–Trinajstić information content (AvgIpc) is 2.94. The standard InChI is InChI=1S/C17H29N3O5/c1-12(14(23)19-7-5-6-8-19)18-17(9-13(21)22)10-20(11-17)15(24)25-16(2,3)4/h12,18H,5-11H2,1-4H3,(H,21,22). The molecule has 2 heterocycles. The number of amides is 2. The fraction of sp³-hybridized carbons (Fsp3) is 0.824. The number of hydrogen-bond acceptors (Lipinski definition) is 5. The van der Waals surface area contributed by atoms with Crippen molar-refractivity contribution in [1.82, 2.24) is 15.1 Å². The minimum Gasteiger partial charge on any atom is -0.481 e. The van der Waals surface area contributed by atoms with Gasteiger partial charge in [-0.25, -0.2) is 4.79 Å². The highest BCUT2D eigenvalue weighted by Gasteiger charge is 2.49. The van der Waals surface area contributed by atoms with Crippen molar-refractivity contribution in [2.45, 2.75) is 64.1 Å². The molecule has 0 aliphatic carbocycles. The number of nitrogens with zero attached hydrogens (tertiary/aromatic N) is 2. The van der Waals surface area contributed by atoms with Gasteiger partial charge in [-0.2, -0.15) is 0 Å². The summed E-state index contributed by atoms with van der Waals surface area (Å²) in [6.07, 6.45) is 1.40. The topological polar surface area (TPSA) is 99.2 Å². The molecule has 1 unspecified atom stereocenters. The Balaban J connectivity index is 1.96. The first-order valence-electron chi connectivity index (χ1n) is 8.78. The van der Waals surface area contributed by atoms with Crippen molar-refractivity contribution >= 4 is 18.0 Å². The molecule has 8 heteroatoms. The molecule has 0 bridgehead atoms. The van der Waals surface area contributed by atoms with Crippen molar-refractivity contribution < 1.29 is 24.2 Å². The van der Waals surface area contributed by atoms with Gasteiger partial charge in [-0.15, -0.1) is 0 Å². The molecule has 8 nitrogen and oxygen atoms in total. The van der Waals surface area contributed by atoms with Gasteiger partial charge in [0.25, 0.3) is 0 Å². The number of hydrogen-bond donors (Lipinski definition) is 2. The highest BCUT2D eigenvalue weighted by molar-refractivity contribution is 5.82. The maximum absolute atomic E-state index is 12.5. The monoisotopic (exact) mass is 355 g/mol. The quantitative estimate of drug-likeness (QED) is 0.765. The van der Waals surface area contributed by atoms with Crippen LogP contribution in [0.4, 0.5) is 4.79 Å². The average molecular weight is 355 g/mol. The van der Waals surface area contributed by atoms with E-state index in [1.54, 1.807) is 32.6 Å². The van der Waals surface area contributed by atoms with Gasteiger partial charge < -0.3 is 19.6 Å². The molecule has 0 aromatic carbocycles. The van der Waals surface area contributed by atoms with Crippen LogP contribution in [0.5, 0.6) is 0 Å². The van der Waals surface area contributed by atoms with Crippen molar-refractivity contribution in [2.24, 2.45) is 0 Å². The van der Waals surface area contributed by atoms with Gasteiger partial charge in [0.1, 0.15) is 5.60 Å². The molecule has 25 heavy (non-hydrogen) atoms. The predicted molar refractivity (Wildman–Crippen MR) is 91.2 cm³/mol. The Hall–Kier alpha value is -1.83. The van der Waals surface area contributed by atoms with Crippen LogP contribution in [0.3, 0.4) is 0 Å². The van der Waals surface area contributed by atoms with Crippen LogP contribution in [-0.4, -0.2) is 76.2 Å². The van der Waals surface area contributed by atoms with Crippen LogP contribution in [0.25, 0.3) is 0 Å². The van der Waals surface area contributed by atoms with E-state index < -0.39 is 29.2 Å². The molecule has 0 aromatic rings. The zero-order chi connectivity index (χ0) is 18.8. The molecule has 1 atom stereocenters. The summed E-state index contributed by atoms with van der Waals surface area (Å²) < 4.78 is 5.31. The van der Waals surface area contributed by atoms with Gasteiger partial charge >= 0.3 is 12.1 Å². The minimum atomic E-state index is -0.961. The lowest BCUT2D eigenvalue weighted by molar-refractivity contribution is -0.143. The van der Waals surface area contributed by atoms with Crippen LogP contribution in [0.15, 0.2) is 0 Å². The fourth-order valence-corrected chi connectivity index (χ4v) is 3.42. The van der Waals surface area contributed by atoms with Gasteiger partial charge in [0.2, 0.25) is 5.91 Å². The van der Waals surface area contributed by atoms with E-state index >= 15 is 0 Å². The SMILES string of the molecule is CC(NC1(CC(=O)O)CN(C(=O)OC(C)(C)C)C1)C(=O)N1CCCC1. The van der Waals surface area contributed by atoms with Crippen molar-refractivity contribution in [3.05, 3.63) is 0 Å². The number of carbonyl (C=O) groups is 3. The van der Waals surface area contributed by atoms with Gasteiger partial charge in [-0.05, 0) is 40.5 Å². The largest absolute Gasteiger partial charge is 0.481 e. The van der Waals surface area contributed by atoms with Gasteiger partial charge in [0.05, 0.1) is 18.0 Å².